The Morgan fingerprint density at radius 2 is 2.31 bits per heavy atom. The quantitative estimate of drug-likeness (QED) is 0.776. The third-order valence-electron chi connectivity index (χ3n) is 3.65. The van der Waals surface area contributed by atoms with Crippen molar-refractivity contribution in [2.24, 2.45) is 4.99 Å². The molecule has 2 aliphatic rings. The average molecular weight is 279 g/mol. The van der Waals surface area contributed by atoms with Crippen LogP contribution in [0.1, 0.15) is 24.5 Å². The number of hydrogen-bond donors (Lipinski definition) is 1. The van der Waals surface area contributed by atoms with E-state index in [1.54, 1.807) is 0 Å². The summed E-state index contributed by atoms with van der Waals surface area (Å²) in [6.07, 6.45) is 3.37. The zero-order valence-electron chi connectivity index (χ0n) is 9.39. The number of hydrogen-bond acceptors (Lipinski definition) is 2. The van der Waals surface area contributed by atoms with E-state index in [9.17, 15) is 0 Å². The van der Waals surface area contributed by atoms with Crippen molar-refractivity contribution in [1.82, 2.24) is 5.32 Å². The number of amidine groups is 1. The first-order chi connectivity index (χ1) is 7.69. The molecule has 1 aromatic carbocycles. The minimum absolute atomic E-state index is 0.137. The molecule has 0 radical (unpaired) electrons. The minimum atomic E-state index is 0.137. The second kappa shape index (κ2) is 3.59. The smallest absolute Gasteiger partial charge is 0.0940 e. The Hall–Kier alpha value is -0.830. The molecule has 1 heterocycles. The molecule has 3 heteroatoms. The number of nitrogens with one attached hydrogen (secondary N) is 1. The van der Waals surface area contributed by atoms with Gasteiger partial charge in [0.2, 0.25) is 0 Å². The van der Waals surface area contributed by atoms with Gasteiger partial charge >= 0.3 is 0 Å². The molecule has 0 saturated carbocycles. The van der Waals surface area contributed by atoms with Crippen molar-refractivity contribution in [2.45, 2.75) is 31.7 Å². The van der Waals surface area contributed by atoms with E-state index in [0.29, 0.717) is 0 Å². The molecule has 0 bridgehead atoms. The predicted molar refractivity (Wildman–Crippen MR) is 70.0 cm³/mol. The molecule has 1 atom stereocenters. The second-order valence-corrected chi connectivity index (χ2v) is 5.68. The molecule has 0 saturated heterocycles. The van der Waals surface area contributed by atoms with Gasteiger partial charge in [-0.1, -0.05) is 28.1 Å². The lowest BCUT2D eigenvalue weighted by Crippen LogP contribution is -2.38. The van der Waals surface area contributed by atoms with Crippen molar-refractivity contribution < 1.29 is 0 Å². The highest BCUT2D eigenvalue weighted by molar-refractivity contribution is 9.10. The van der Waals surface area contributed by atoms with Gasteiger partial charge in [0, 0.05) is 11.0 Å². The molecular weight excluding hydrogens is 264 g/mol. The highest BCUT2D eigenvalue weighted by Gasteiger charge is 2.37. The van der Waals surface area contributed by atoms with Crippen LogP contribution in [0.25, 0.3) is 0 Å². The van der Waals surface area contributed by atoms with Gasteiger partial charge in [-0.15, -0.1) is 0 Å². The molecule has 1 N–H and O–H groups in total. The van der Waals surface area contributed by atoms with Crippen LogP contribution in [0.15, 0.2) is 27.7 Å². The number of halogens is 1. The Bertz CT molecular complexity index is 467. The molecule has 1 unspecified atom stereocenters. The van der Waals surface area contributed by atoms with Crippen LogP contribution in [-0.4, -0.2) is 17.9 Å². The minimum Gasteiger partial charge on any atom is -0.372 e. The van der Waals surface area contributed by atoms with Crippen molar-refractivity contribution in [3.05, 3.63) is 33.8 Å². The van der Waals surface area contributed by atoms with Crippen molar-refractivity contribution in [1.29, 1.82) is 0 Å². The third kappa shape index (κ3) is 1.58. The van der Waals surface area contributed by atoms with Gasteiger partial charge in [0.15, 0.2) is 0 Å². The molecular formula is C13H15BrN2. The van der Waals surface area contributed by atoms with Crippen LogP contribution < -0.4 is 5.32 Å². The molecule has 16 heavy (non-hydrogen) atoms. The van der Waals surface area contributed by atoms with Crippen molar-refractivity contribution in [2.75, 3.05) is 6.54 Å². The molecule has 84 valence electrons. The lowest BCUT2D eigenvalue weighted by Gasteiger charge is -2.31. The second-order valence-electron chi connectivity index (χ2n) is 4.83. The van der Waals surface area contributed by atoms with Crippen molar-refractivity contribution in [3.8, 4) is 0 Å². The average Bonchev–Trinajstić information content (AvgIpc) is 2.60. The topological polar surface area (TPSA) is 24.4 Å². The normalized spacial score (nSPS) is 27.5. The maximum Gasteiger partial charge on any atom is 0.0940 e. The largest absolute Gasteiger partial charge is 0.372 e. The molecule has 1 aromatic rings. The monoisotopic (exact) mass is 278 g/mol. The van der Waals surface area contributed by atoms with E-state index in [1.807, 2.05) is 0 Å². The molecule has 0 amide bonds. The maximum atomic E-state index is 4.80. The Balaban J connectivity index is 1.98. The first-order valence-electron chi connectivity index (χ1n) is 5.75. The standard InChI is InChI=1S/C13H15BrN2/c1-9-15-8-13(16-9)6-5-11-10(7-13)3-2-4-12(11)14/h2-4H,5-8H2,1H3,(H,15,16). The summed E-state index contributed by atoms with van der Waals surface area (Å²) >= 11 is 3.64. The Morgan fingerprint density at radius 3 is 3.06 bits per heavy atom. The number of nitrogens with zero attached hydrogens (tertiary/aromatic N) is 1. The van der Waals surface area contributed by atoms with Crippen LogP contribution >= 0.6 is 15.9 Å². The fourth-order valence-corrected chi connectivity index (χ4v) is 3.43. The fraction of sp³-hybridized carbons (Fsp3) is 0.462. The summed E-state index contributed by atoms with van der Waals surface area (Å²) in [5, 5.41) is 3.36. The molecule has 1 spiro atoms. The van der Waals surface area contributed by atoms with Crippen LogP contribution in [0, 0.1) is 0 Å². The summed E-state index contributed by atoms with van der Waals surface area (Å²) in [5.41, 5.74) is 3.08. The number of benzene rings is 1. The predicted octanol–water partition coefficient (Wildman–Crippen LogP) is 2.70. The van der Waals surface area contributed by atoms with Crippen LogP contribution in [0.3, 0.4) is 0 Å². The van der Waals surface area contributed by atoms with Gasteiger partial charge in [0.05, 0.1) is 11.4 Å². The Morgan fingerprint density at radius 1 is 1.44 bits per heavy atom. The van der Waals surface area contributed by atoms with E-state index in [4.69, 9.17) is 4.99 Å². The van der Waals surface area contributed by atoms with Crippen molar-refractivity contribution >= 4 is 21.8 Å². The van der Waals surface area contributed by atoms with Gasteiger partial charge in [-0.3, -0.25) is 4.99 Å². The van der Waals surface area contributed by atoms with E-state index < -0.39 is 0 Å². The van der Waals surface area contributed by atoms with E-state index in [-0.39, 0.29) is 5.54 Å². The summed E-state index contributed by atoms with van der Waals surface area (Å²) in [7, 11) is 0. The highest BCUT2D eigenvalue weighted by atomic mass is 79.9. The Kier molecular flexibility index (Phi) is 2.32. The fourth-order valence-electron chi connectivity index (χ4n) is 2.82. The van der Waals surface area contributed by atoms with E-state index in [1.165, 1.54) is 15.6 Å². The molecule has 0 aromatic heterocycles. The lowest BCUT2D eigenvalue weighted by atomic mass is 9.79. The number of fused-ring (bicyclic) bond motifs is 1. The SMILES string of the molecule is CC1=NC2(CCc3c(Br)cccc3C2)CN1. The van der Waals surface area contributed by atoms with E-state index in [0.717, 1.165) is 31.6 Å². The molecule has 1 aliphatic carbocycles. The van der Waals surface area contributed by atoms with Crippen LogP contribution in [0.2, 0.25) is 0 Å². The summed E-state index contributed by atoms with van der Waals surface area (Å²) in [5.74, 6) is 1.10. The summed E-state index contributed by atoms with van der Waals surface area (Å²) in [4.78, 5) is 4.80. The van der Waals surface area contributed by atoms with Gasteiger partial charge in [0.1, 0.15) is 0 Å². The first-order valence-corrected chi connectivity index (χ1v) is 6.54. The highest BCUT2D eigenvalue weighted by Crippen LogP contribution is 2.36. The lowest BCUT2D eigenvalue weighted by molar-refractivity contribution is 0.394. The Labute approximate surface area is 104 Å². The molecule has 3 rings (SSSR count). The summed E-state index contributed by atoms with van der Waals surface area (Å²) in [6.45, 7) is 3.07. The molecule has 0 fully saturated rings. The third-order valence-corrected chi connectivity index (χ3v) is 4.40. The van der Waals surface area contributed by atoms with E-state index in [2.05, 4.69) is 46.4 Å². The summed E-state index contributed by atoms with van der Waals surface area (Å²) in [6, 6.07) is 6.50. The maximum absolute atomic E-state index is 4.80. The van der Waals surface area contributed by atoms with Gasteiger partial charge in [0.25, 0.3) is 0 Å². The van der Waals surface area contributed by atoms with Gasteiger partial charge < -0.3 is 5.32 Å². The van der Waals surface area contributed by atoms with E-state index >= 15 is 0 Å². The number of rotatable bonds is 0. The van der Waals surface area contributed by atoms with Crippen LogP contribution in [0.4, 0.5) is 0 Å². The van der Waals surface area contributed by atoms with Gasteiger partial charge in [-0.25, -0.2) is 0 Å². The summed E-state index contributed by atoms with van der Waals surface area (Å²) < 4.78 is 1.26. The van der Waals surface area contributed by atoms with Gasteiger partial charge in [-0.05, 0) is 43.4 Å². The van der Waals surface area contributed by atoms with Crippen LogP contribution in [-0.2, 0) is 12.8 Å². The first kappa shape index (κ1) is 10.3. The van der Waals surface area contributed by atoms with Crippen molar-refractivity contribution in [3.63, 3.8) is 0 Å². The number of aliphatic imine (C=N–C) groups is 1. The molecule has 2 nitrogen and oxygen atoms in total. The zero-order valence-corrected chi connectivity index (χ0v) is 11.0. The molecule has 1 aliphatic heterocycles. The zero-order chi connectivity index (χ0) is 11.2. The van der Waals surface area contributed by atoms with Crippen LogP contribution in [0.5, 0.6) is 0 Å². The van der Waals surface area contributed by atoms with Gasteiger partial charge in [-0.2, -0.15) is 0 Å².